The topological polar surface area (TPSA) is 72.2 Å². The minimum absolute atomic E-state index is 0.128. The summed E-state index contributed by atoms with van der Waals surface area (Å²) >= 11 is 0. The van der Waals surface area contributed by atoms with Crippen molar-refractivity contribution in [1.82, 2.24) is 0 Å². The van der Waals surface area contributed by atoms with E-state index in [1.54, 1.807) is 24.3 Å². The smallest absolute Gasteiger partial charge is 0.272 e. The molecule has 0 spiro atoms. The molecule has 5 heteroatoms. The van der Waals surface area contributed by atoms with Crippen molar-refractivity contribution in [3.63, 3.8) is 0 Å². The summed E-state index contributed by atoms with van der Waals surface area (Å²) in [7, 11) is 0. The van der Waals surface area contributed by atoms with Gasteiger partial charge < -0.3 is 5.32 Å². The van der Waals surface area contributed by atoms with Crippen molar-refractivity contribution in [3.05, 3.63) is 130 Å². The van der Waals surface area contributed by atoms with Crippen molar-refractivity contribution in [3.8, 4) is 11.1 Å². The van der Waals surface area contributed by atoms with Crippen LogP contribution in [0.25, 0.3) is 11.1 Å². The number of nitrogens with one attached hydrogen (secondary N) is 1. The molecule has 0 aromatic heterocycles. The number of benzene rings is 4. The van der Waals surface area contributed by atoms with Crippen LogP contribution in [0.2, 0.25) is 0 Å². The summed E-state index contributed by atoms with van der Waals surface area (Å²) in [6.45, 7) is 0. The maximum Gasteiger partial charge on any atom is 0.272 e. The zero-order valence-corrected chi connectivity index (χ0v) is 17.4. The molecular formula is C27H22N2O3. The highest BCUT2D eigenvalue weighted by atomic mass is 16.6. The van der Waals surface area contributed by atoms with E-state index in [-0.39, 0.29) is 16.5 Å². The van der Waals surface area contributed by atoms with Crippen molar-refractivity contribution < 1.29 is 9.72 Å². The van der Waals surface area contributed by atoms with Crippen LogP contribution in [0.1, 0.15) is 21.5 Å². The van der Waals surface area contributed by atoms with Gasteiger partial charge in [0.05, 0.1) is 4.92 Å². The molecule has 0 atom stereocenters. The molecule has 158 valence electrons. The number of rotatable bonds is 7. The number of hydrogen-bond acceptors (Lipinski definition) is 3. The van der Waals surface area contributed by atoms with Gasteiger partial charge in [-0.05, 0) is 65.9 Å². The minimum Gasteiger partial charge on any atom is -0.322 e. The molecule has 0 heterocycles. The zero-order chi connectivity index (χ0) is 22.3. The van der Waals surface area contributed by atoms with Crippen LogP contribution in [0.4, 0.5) is 11.4 Å². The largest absolute Gasteiger partial charge is 0.322 e. The first-order valence-electron chi connectivity index (χ1n) is 10.4. The maximum atomic E-state index is 12.5. The van der Waals surface area contributed by atoms with Crippen molar-refractivity contribution in [1.29, 1.82) is 0 Å². The van der Waals surface area contributed by atoms with Gasteiger partial charge in [-0.15, -0.1) is 0 Å². The Morgan fingerprint density at radius 2 is 1.38 bits per heavy atom. The number of para-hydroxylation sites is 1. The third-order valence-electron chi connectivity index (χ3n) is 5.31. The van der Waals surface area contributed by atoms with Crippen LogP contribution >= 0.6 is 0 Å². The van der Waals surface area contributed by atoms with Crippen LogP contribution in [-0.2, 0) is 12.8 Å². The van der Waals surface area contributed by atoms with Gasteiger partial charge in [0.2, 0.25) is 0 Å². The Morgan fingerprint density at radius 1 is 0.750 bits per heavy atom. The molecule has 4 aromatic carbocycles. The van der Waals surface area contributed by atoms with E-state index in [1.807, 2.05) is 78.9 Å². The molecule has 0 saturated heterocycles. The molecule has 0 radical (unpaired) electrons. The number of amides is 1. The number of nitrogens with zero attached hydrogens (tertiary/aromatic N) is 1. The van der Waals surface area contributed by atoms with E-state index >= 15 is 0 Å². The van der Waals surface area contributed by atoms with E-state index in [0.717, 1.165) is 28.8 Å². The van der Waals surface area contributed by atoms with Crippen molar-refractivity contribution >= 4 is 17.3 Å². The van der Waals surface area contributed by atoms with Gasteiger partial charge in [0, 0.05) is 22.9 Å². The lowest BCUT2D eigenvalue weighted by molar-refractivity contribution is -0.385. The summed E-state index contributed by atoms with van der Waals surface area (Å²) < 4.78 is 0. The predicted molar refractivity (Wildman–Crippen MR) is 127 cm³/mol. The lowest BCUT2D eigenvalue weighted by Gasteiger charge is -2.09. The van der Waals surface area contributed by atoms with Gasteiger partial charge in [0.25, 0.3) is 11.6 Å². The number of anilines is 1. The van der Waals surface area contributed by atoms with Gasteiger partial charge in [-0.25, -0.2) is 0 Å². The van der Waals surface area contributed by atoms with E-state index in [1.165, 1.54) is 0 Å². The van der Waals surface area contributed by atoms with Crippen LogP contribution in [0, 0.1) is 10.1 Å². The van der Waals surface area contributed by atoms with Crippen molar-refractivity contribution in [2.75, 3.05) is 5.32 Å². The Labute approximate surface area is 186 Å². The fraction of sp³-hybridized carbons (Fsp3) is 0.0741. The standard InChI is InChI=1S/C27H22N2O3/c30-27(28-25-9-5-2-6-10-25)22-15-13-21(14-16-22)23-17-18-26(29(31)32)24(19-23)12-11-20-7-3-1-4-8-20/h1-10,13-19H,11-12H2,(H,28,30). The van der Waals surface area contributed by atoms with Gasteiger partial charge in [-0.1, -0.05) is 60.7 Å². The normalized spacial score (nSPS) is 10.5. The van der Waals surface area contributed by atoms with Crippen LogP contribution in [0.15, 0.2) is 103 Å². The Balaban J connectivity index is 1.53. The highest BCUT2D eigenvalue weighted by Gasteiger charge is 2.15. The molecule has 0 bridgehead atoms. The fourth-order valence-corrected chi connectivity index (χ4v) is 3.61. The van der Waals surface area contributed by atoms with Gasteiger partial charge in [0.1, 0.15) is 0 Å². The molecule has 1 N–H and O–H groups in total. The summed E-state index contributed by atoms with van der Waals surface area (Å²) in [6, 6.07) is 31.7. The van der Waals surface area contributed by atoms with Crippen LogP contribution in [0.3, 0.4) is 0 Å². The maximum absolute atomic E-state index is 12.5. The quantitative estimate of drug-likeness (QED) is 0.281. The second kappa shape index (κ2) is 9.71. The Bertz CT molecular complexity index is 1220. The highest BCUT2D eigenvalue weighted by molar-refractivity contribution is 6.04. The molecule has 0 unspecified atom stereocenters. The van der Waals surface area contributed by atoms with Crippen molar-refractivity contribution in [2.45, 2.75) is 12.8 Å². The van der Waals surface area contributed by atoms with E-state index in [9.17, 15) is 14.9 Å². The number of hydrogen-bond donors (Lipinski definition) is 1. The highest BCUT2D eigenvalue weighted by Crippen LogP contribution is 2.28. The van der Waals surface area contributed by atoms with E-state index in [2.05, 4.69) is 5.32 Å². The van der Waals surface area contributed by atoms with E-state index in [0.29, 0.717) is 17.5 Å². The van der Waals surface area contributed by atoms with Crippen LogP contribution in [-0.4, -0.2) is 10.8 Å². The minimum atomic E-state index is -0.332. The predicted octanol–water partition coefficient (Wildman–Crippen LogP) is 6.30. The molecule has 0 aliphatic carbocycles. The SMILES string of the molecule is O=C(Nc1ccccc1)c1ccc(-c2ccc([N+](=O)[O-])c(CCc3ccccc3)c2)cc1. The average molecular weight is 422 g/mol. The number of nitro groups is 1. The second-order valence-corrected chi connectivity index (χ2v) is 7.48. The Hall–Kier alpha value is -4.25. The monoisotopic (exact) mass is 422 g/mol. The second-order valence-electron chi connectivity index (χ2n) is 7.48. The summed E-state index contributed by atoms with van der Waals surface area (Å²) in [6.07, 6.45) is 1.30. The van der Waals surface area contributed by atoms with Crippen molar-refractivity contribution in [2.24, 2.45) is 0 Å². The molecule has 5 nitrogen and oxygen atoms in total. The first-order valence-corrected chi connectivity index (χ1v) is 10.4. The lowest BCUT2D eigenvalue weighted by Crippen LogP contribution is -2.11. The average Bonchev–Trinajstić information content (AvgIpc) is 2.84. The first kappa shape index (κ1) is 21.0. The third-order valence-corrected chi connectivity index (χ3v) is 5.31. The molecule has 0 aliphatic heterocycles. The zero-order valence-electron chi connectivity index (χ0n) is 17.4. The summed E-state index contributed by atoms with van der Waals surface area (Å²) in [5.41, 5.74) is 5.03. The molecule has 0 saturated carbocycles. The number of carbonyl (C=O) groups is 1. The van der Waals surface area contributed by atoms with Gasteiger partial charge in [0.15, 0.2) is 0 Å². The molecule has 32 heavy (non-hydrogen) atoms. The van der Waals surface area contributed by atoms with E-state index < -0.39 is 0 Å². The number of carbonyl (C=O) groups excluding carboxylic acids is 1. The number of nitro benzene ring substituents is 1. The Morgan fingerprint density at radius 3 is 2.03 bits per heavy atom. The fourth-order valence-electron chi connectivity index (χ4n) is 3.61. The lowest BCUT2D eigenvalue weighted by atomic mass is 9.97. The molecular weight excluding hydrogens is 400 g/mol. The van der Waals surface area contributed by atoms with E-state index in [4.69, 9.17) is 0 Å². The van der Waals surface area contributed by atoms with Gasteiger partial charge in [-0.2, -0.15) is 0 Å². The summed E-state index contributed by atoms with van der Waals surface area (Å²) in [5.74, 6) is -0.185. The Kier molecular flexibility index (Phi) is 6.37. The first-order chi connectivity index (χ1) is 15.6. The molecule has 1 amide bonds. The summed E-state index contributed by atoms with van der Waals surface area (Å²) in [5, 5.41) is 14.4. The van der Waals surface area contributed by atoms with Crippen LogP contribution < -0.4 is 5.32 Å². The molecule has 0 aliphatic rings. The summed E-state index contributed by atoms with van der Waals surface area (Å²) in [4.78, 5) is 23.6. The number of aryl methyl sites for hydroxylation is 2. The van der Waals surface area contributed by atoms with Crippen LogP contribution in [0.5, 0.6) is 0 Å². The molecule has 4 rings (SSSR count). The molecule has 4 aromatic rings. The third kappa shape index (κ3) is 5.08. The van der Waals surface area contributed by atoms with Gasteiger partial charge in [-0.3, -0.25) is 14.9 Å². The van der Waals surface area contributed by atoms with Gasteiger partial charge >= 0.3 is 0 Å². The molecule has 0 fully saturated rings.